The fourth-order valence-corrected chi connectivity index (χ4v) is 1.67. The Bertz CT molecular complexity index is 529. The minimum Gasteiger partial charge on any atom is -0.376 e. The maximum atomic E-state index is 8.95. The van der Waals surface area contributed by atoms with Crippen LogP contribution in [-0.4, -0.2) is 4.98 Å². The standard InChI is InChI=1S/C14H13N3/c1-11(12-6-3-2-4-7-12)17-13-8-5-9-16-14(13)10-15/h2-9,11,17H,1H3. The van der Waals surface area contributed by atoms with Gasteiger partial charge in [-0.05, 0) is 24.6 Å². The summed E-state index contributed by atoms with van der Waals surface area (Å²) in [6, 6.07) is 16.0. The van der Waals surface area contributed by atoms with E-state index in [0.29, 0.717) is 5.69 Å². The van der Waals surface area contributed by atoms with Crippen molar-refractivity contribution in [3.8, 4) is 6.07 Å². The molecule has 0 radical (unpaired) electrons. The van der Waals surface area contributed by atoms with Crippen LogP contribution in [0.25, 0.3) is 0 Å². The largest absolute Gasteiger partial charge is 0.376 e. The van der Waals surface area contributed by atoms with E-state index in [-0.39, 0.29) is 6.04 Å². The average molecular weight is 223 g/mol. The first-order valence-corrected chi connectivity index (χ1v) is 5.48. The molecule has 3 heteroatoms. The first-order valence-electron chi connectivity index (χ1n) is 5.48. The Morgan fingerprint density at radius 1 is 1.18 bits per heavy atom. The molecule has 0 aliphatic rings. The van der Waals surface area contributed by atoms with Gasteiger partial charge in [-0.15, -0.1) is 0 Å². The number of pyridine rings is 1. The van der Waals surface area contributed by atoms with Gasteiger partial charge in [0, 0.05) is 12.2 Å². The maximum absolute atomic E-state index is 8.95. The highest BCUT2D eigenvalue weighted by atomic mass is 14.9. The first kappa shape index (κ1) is 11.2. The molecule has 1 unspecified atom stereocenters. The zero-order chi connectivity index (χ0) is 12.1. The number of anilines is 1. The smallest absolute Gasteiger partial charge is 0.163 e. The van der Waals surface area contributed by atoms with E-state index in [1.54, 1.807) is 6.20 Å². The lowest BCUT2D eigenvalue weighted by Crippen LogP contribution is -2.08. The number of aromatic nitrogens is 1. The summed E-state index contributed by atoms with van der Waals surface area (Å²) in [5, 5.41) is 12.2. The van der Waals surface area contributed by atoms with Crippen LogP contribution < -0.4 is 5.32 Å². The van der Waals surface area contributed by atoms with E-state index in [0.717, 1.165) is 5.69 Å². The molecule has 2 aromatic rings. The van der Waals surface area contributed by atoms with Crippen molar-refractivity contribution >= 4 is 5.69 Å². The molecule has 0 amide bonds. The van der Waals surface area contributed by atoms with Crippen molar-refractivity contribution in [1.82, 2.24) is 4.98 Å². The summed E-state index contributed by atoms with van der Waals surface area (Å²) < 4.78 is 0. The van der Waals surface area contributed by atoms with Crippen LogP contribution >= 0.6 is 0 Å². The van der Waals surface area contributed by atoms with Crippen molar-refractivity contribution in [2.24, 2.45) is 0 Å². The van der Waals surface area contributed by atoms with Crippen molar-refractivity contribution < 1.29 is 0 Å². The molecule has 0 aliphatic heterocycles. The minimum atomic E-state index is 0.146. The third kappa shape index (κ3) is 2.61. The van der Waals surface area contributed by atoms with Gasteiger partial charge in [0.1, 0.15) is 6.07 Å². The lowest BCUT2D eigenvalue weighted by Gasteiger charge is -2.15. The van der Waals surface area contributed by atoms with E-state index < -0.39 is 0 Å². The number of rotatable bonds is 3. The monoisotopic (exact) mass is 223 g/mol. The van der Waals surface area contributed by atoms with Crippen LogP contribution in [0.4, 0.5) is 5.69 Å². The van der Waals surface area contributed by atoms with Crippen molar-refractivity contribution in [1.29, 1.82) is 5.26 Å². The number of hydrogen-bond donors (Lipinski definition) is 1. The predicted octanol–water partition coefficient (Wildman–Crippen LogP) is 3.13. The SMILES string of the molecule is CC(Nc1cccnc1C#N)c1ccccc1. The molecule has 0 bridgehead atoms. The molecule has 1 N–H and O–H groups in total. The fourth-order valence-electron chi connectivity index (χ4n) is 1.67. The van der Waals surface area contributed by atoms with E-state index >= 15 is 0 Å². The van der Waals surface area contributed by atoms with Crippen molar-refractivity contribution in [3.05, 3.63) is 59.9 Å². The Morgan fingerprint density at radius 3 is 2.65 bits per heavy atom. The van der Waals surface area contributed by atoms with E-state index in [1.165, 1.54) is 5.56 Å². The molecule has 1 atom stereocenters. The van der Waals surface area contributed by atoms with Crippen molar-refractivity contribution in [2.75, 3.05) is 5.32 Å². The second-order valence-electron chi connectivity index (χ2n) is 3.79. The first-order chi connectivity index (χ1) is 8.31. The zero-order valence-electron chi connectivity index (χ0n) is 9.59. The van der Waals surface area contributed by atoms with E-state index in [1.807, 2.05) is 30.3 Å². The number of hydrogen-bond acceptors (Lipinski definition) is 3. The molecule has 0 saturated carbocycles. The molecule has 1 aromatic carbocycles. The topological polar surface area (TPSA) is 48.7 Å². The van der Waals surface area contributed by atoms with E-state index in [2.05, 4.69) is 35.4 Å². The molecular formula is C14H13N3. The van der Waals surface area contributed by atoms with Gasteiger partial charge >= 0.3 is 0 Å². The Labute approximate surface area is 101 Å². The highest BCUT2D eigenvalue weighted by molar-refractivity contribution is 5.54. The molecule has 17 heavy (non-hydrogen) atoms. The molecule has 0 saturated heterocycles. The summed E-state index contributed by atoms with van der Waals surface area (Å²) in [5.74, 6) is 0. The molecule has 3 nitrogen and oxygen atoms in total. The molecular weight excluding hydrogens is 210 g/mol. The second kappa shape index (κ2) is 5.13. The van der Waals surface area contributed by atoms with Gasteiger partial charge in [0.15, 0.2) is 5.69 Å². The van der Waals surface area contributed by atoms with Crippen molar-refractivity contribution in [2.45, 2.75) is 13.0 Å². The van der Waals surface area contributed by atoms with Gasteiger partial charge in [0.2, 0.25) is 0 Å². The quantitative estimate of drug-likeness (QED) is 0.869. The van der Waals surface area contributed by atoms with Gasteiger partial charge in [-0.25, -0.2) is 4.98 Å². The molecule has 1 heterocycles. The van der Waals surface area contributed by atoms with Crippen LogP contribution in [0.5, 0.6) is 0 Å². The highest BCUT2D eigenvalue weighted by Crippen LogP contribution is 2.20. The van der Waals surface area contributed by atoms with E-state index in [9.17, 15) is 0 Å². The van der Waals surface area contributed by atoms with Crippen LogP contribution in [0.3, 0.4) is 0 Å². The second-order valence-corrected chi connectivity index (χ2v) is 3.79. The summed E-state index contributed by atoms with van der Waals surface area (Å²) in [6.45, 7) is 2.06. The molecule has 84 valence electrons. The lowest BCUT2D eigenvalue weighted by molar-refractivity contribution is 0.881. The Kier molecular flexibility index (Phi) is 3.37. The molecule has 0 aliphatic carbocycles. The summed E-state index contributed by atoms with van der Waals surface area (Å²) >= 11 is 0. The summed E-state index contributed by atoms with van der Waals surface area (Å²) in [4.78, 5) is 4.02. The van der Waals surface area contributed by atoms with Crippen LogP contribution in [0.1, 0.15) is 24.2 Å². The van der Waals surface area contributed by atoms with Gasteiger partial charge in [0.05, 0.1) is 5.69 Å². The van der Waals surface area contributed by atoms with Gasteiger partial charge in [0.25, 0.3) is 0 Å². The van der Waals surface area contributed by atoms with Crippen LogP contribution in [0, 0.1) is 11.3 Å². The number of nitrogens with one attached hydrogen (secondary N) is 1. The third-order valence-corrected chi connectivity index (χ3v) is 2.59. The van der Waals surface area contributed by atoms with Gasteiger partial charge < -0.3 is 5.32 Å². The third-order valence-electron chi connectivity index (χ3n) is 2.59. The Hall–Kier alpha value is -2.34. The maximum Gasteiger partial charge on any atom is 0.163 e. The summed E-state index contributed by atoms with van der Waals surface area (Å²) in [6.07, 6.45) is 1.62. The summed E-state index contributed by atoms with van der Waals surface area (Å²) in [7, 11) is 0. The number of nitrogens with zero attached hydrogens (tertiary/aromatic N) is 2. The number of nitriles is 1. The normalized spacial score (nSPS) is 11.5. The lowest BCUT2D eigenvalue weighted by atomic mass is 10.1. The number of benzene rings is 1. The molecule has 0 spiro atoms. The van der Waals surface area contributed by atoms with Crippen LogP contribution in [0.2, 0.25) is 0 Å². The average Bonchev–Trinajstić information content (AvgIpc) is 2.40. The minimum absolute atomic E-state index is 0.146. The van der Waals surface area contributed by atoms with Gasteiger partial charge in [-0.2, -0.15) is 5.26 Å². The molecule has 2 rings (SSSR count). The Balaban J connectivity index is 2.19. The fraction of sp³-hybridized carbons (Fsp3) is 0.143. The highest BCUT2D eigenvalue weighted by Gasteiger charge is 2.07. The Morgan fingerprint density at radius 2 is 1.94 bits per heavy atom. The molecule has 1 aromatic heterocycles. The van der Waals surface area contributed by atoms with Gasteiger partial charge in [-0.1, -0.05) is 30.3 Å². The summed E-state index contributed by atoms with van der Waals surface area (Å²) in [5.41, 5.74) is 2.38. The van der Waals surface area contributed by atoms with E-state index in [4.69, 9.17) is 5.26 Å². The predicted molar refractivity (Wildman–Crippen MR) is 67.4 cm³/mol. The molecule has 0 fully saturated rings. The van der Waals surface area contributed by atoms with Crippen LogP contribution in [0.15, 0.2) is 48.7 Å². The zero-order valence-corrected chi connectivity index (χ0v) is 9.59. The van der Waals surface area contributed by atoms with Crippen molar-refractivity contribution in [3.63, 3.8) is 0 Å². The van der Waals surface area contributed by atoms with Gasteiger partial charge in [-0.3, -0.25) is 0 Å². The van der Waals surface area contributed by atoms with Crippen LogP contribution in [-0.2, 0) is 0 Å².